The van der Waals surface area contributed by atoms with Crippen molar-refractivity contribution in [3.8, 4) is 11.1 Å². The number of nitrogens with one attached hydrogen (secondary N) is 2. The zero-order chi connectivity index (χ0) is 16.9. The third-order valence-corrected chi connectivity index (χ3v) is 4.84. The minimum atomic E-state index is -0.272. The SMILES string of the molecule is CNCCC1CCN(C(=O)c2c[nH]cc2-c2ccc(F)cc2)CC1.Cl. The summed E-state index contributed by atoms with van der Waals surface area (Å²) in [5.74, 6) is 0.484. The average molecular weight is 366 g/mol. The van der Waals surface area contributed by atoms with E-state index in [0.29, 0.717) is 11.5 Å². The molecule has 4 nitrogen and oxygen atoms in total. The lowest BCUT2D eigenvalue weighted by Gasteiger charge is -2.32. The summed E-state index contributed by atoms with van der Waals surface area (Å²) in [6.45, 7) is 2.65. The average Bonchev–Trinajstić information content (AvgIpc) is 3.10. The zero-order valence-corrected chi connectivity index (χ0v) is 15.2. The van der Waals surface area contributed by atoms with Crippen LogP contribution in [0.1, 0.15) is 29.6 Å². The van der Waals surface area contributed by atoms with E-state index in [-0.39, 0.29) is 24.1 Å². The van der Waals surface area contributed by atoms with Crippen molar-refractivity contribution < 1.29 is 9.18 Å². The van der Waals surface area contributed by atoms with Gasteiger partial charge in [0.15, 0.2) is 0 Å². The standard InChI is InChI=1S/C19H24FN3O.ClH/c1-21-9-6-14-7-10-23(11-8-14)19(24)18-13-22-12-17(18)15-2-4-16(20)5-3-15;/h2-5,12-14,21-22H,6-11H2,1H3;1H. The first kappa shape index (κ1) is 19.5. The highest BCUT2D eigenvalue weighted by molar-refractivity contribution is 6.00. The fourth-order valence-corrected chi connectivity index (χ4v) is 3.35. The number of piperidine rings is 1. The second-order valence-corrected chi connectivity index (χ2v) is 6.42. The van der Waals surface area contributed by atoms with E-state index in [1.165, 1.54) is 18.6 Å². The highest BCUT2D eigenvalue weighted by Crippen LogP contribution is 2.27. The van der Waals surface area contributed by atoms with E-state index in [2.05, 4.69) is 10.3 Å². The lowest BCUT2D eigenvalue weighted by atomic mass is 9.93. The molecule has 0 atom stereocenters. The van der Waals surface area contributed by atoms with Gasteiger partial charge in [-0.2, -0.15) is 0 Å². The molecule has 3 rings (SSSR count). The van der Waals surface area contributed by atoms with Gasteiger partial charge in [-0.25, -0.2) is 4.39 Å². The number of rotatable bonds is 5. The molecule has 2 heterocycles. The minimum absolute atomic E-state index is 0. The molecule has 6 heteroatoms. The molecular formula is C19H25ClFN3O. The van der Waals surface area contributed by atoms with Gasteiger partial charge in [-0.05, 0) is 56.5 Å². The molecule has 0 spiro atoms. The molecule has 0 unspecified atom stereocenters. The lowest BCUT2D eigenvalue weighted by Crippen LogP contribution is -2.39. The second-order valence-electron chi connectivity index (χ2n) is 6.42. The van der Waals surface area contributed by atoms with Crippen LogP contribution in [0.15, 0.2) is 36.7 Å². The van der Waals surface area contributed by atoms with Crippen molar-refractivity contribution in [3.63, 3.8) is 0 Å². The number of carbonyl (C=O) groups excluding carboxylic acids is 1. The van der Waals surface area contributed by atoms with E-state index in [1.54, 1.807) is 24.5 Å². The Morgan fingerprint density at radius 3 is 2.56 bits per heavy atom. The Morgan fingerprint density at radius 1 is 1.24 bits per heavy atom. The van der Waals surface area contributed by atoms with Crippen LogP contribution in [0, 0.1) is 11.7 Å². The van der Waals surface area contributed by atoms with Crippen LogP contribution >= 0.6 is 12.4 Å². The normalized spacial score (nSPS) is 15.0. The molecule has 0 radical (unpaired) electrons. The lowest BCUT2D eigenvalue weighted by molar-refractivity contribution is 0.0688. The molecule has 1 aromatic carbocycles. The van der Waals surface area contributed by atoms with Crippen molar-refractivity contribution in [1.82, 2.24) is 15.2 Å². The van der Waals surface area contributed by atoms with E-state index in [4.69, 9.17) is 0 Å². The molecule has 0 aliphatic carbocycles. The van der Waals surface area contributed by atoms with Crippen molar-refractivity contribution in [2.45, 2.75) is 19.3 Å². The van der Waals surface area contributed by atoms with Crippen LogP contribution in [0.25, 0.3) is 11.1 Å². The van der Waals surface area contributed by atoms with Crippen LogP contribution in [-0.2, 0) is 0 Å². The smallest absolute Gasteiger partial charge is 0.256 e. The quantitative estimate of drug-likeness (QED) is 0.848. The van der Waals surface area contributed by atoms with E-state index in [0.717, 1.165) is 43.6 Å². The van der Waals surface area contributed by atoms with Crippen LogP contribution in [0.4, 0.5) is 4.39 Å². The largest absolute Gasteiger partial charge is 0.366 e. The van der Waals surface area contributed by atoms with Crippen molar-refractivity contribution >= 4 is 18.3 Å². The summed E-state index contributed by atoms with van der Waals surface area (Å²) in [5, 5.41) is 3.19. The van der Waals surface area contributed by atoms with Gasteiger partial charge in [0.25, 0.3) is 5.91 Å². The number of carbonyl (C=O) groups is 1. The number of hydrogen-bond donors (Lipinski definition) is 2. The molecule has 136 valence electrons. The molecule has 0 saturated carbocycles. The predicted octanol–water partition coefficient (Wildman–Crippen LogP) is 3.70. The minimum Gasteiger partial charge on any atom is -0.366 e. The van der Waals surface area contributed by atoms with E-state index < -0.39 is 0 Å². The van der Waals surface area contributed by atoms with E-state index in [9.17, 15) is 9.18 Å². The molecule has 1 aromatic heterocycles. The second kappa shape index (κ2) is 9.02. The molecule has 2 aromatic rings. The Hall–Kier alpha value is -1.85. The van der Waals surface area contributed by atoms with Gasteiger partial charge >= 0.3 is 0 Å². The number of benzene rings is 1. The summed E-state index contributed by atoms with van der Waals surface area (Å²) in [5.41, 5.74) is 2.34. The number of aromatic amines is 1. The van der Waals surface area contributed by atoms with Crippen LogP contribution < -0.4 is 5.32 Å². The van der Waals surface area contributed by atoms with Gasteiger partial charge in [-0.1, -0.05) is 12.1 Å². The Balaban J connectivity index is 0.00000225. The van der Waals surface area contributed by atoms with Gasteiger partial charge in [0.1, 0.15) is 5.82 Å². The maximum atomic E-state index is 13.1. The van der Waals surface area contributed by atoms with Gasteiger partial charge < -0.3 is 15.2 Å². The molecule has 25 heavy (non-hydrogen) atoms. The highest BCUT2D eigenvalue weighted by Gasteiger charge is 2.25. The molecule has 2 N–H and O–H groups in total. The molecule has 1 aliphatic rings. The zero-order valence-electron chi connectivity index (χ0n) is 14.4. The monoisotopic (exact) mass is 365 g/mol. The number of likely N-dealkylation sites (tertiary alicyclic amines) is 1. The fourth-order valence-electron chi connectivity index (χ4n) is 3.35. The first-order valence-corrected chi connectivity index (χ1v) is 8.55. The first-order valence-electron chi connectivity index (χ1n) is 8.55. The molecule has 1 amide bonds. The molecule has 1 fully saturated rings. The summed E-state index contributed by atoms with van der Waals surface area (Å²) in [4.78, 5) is 17.8. The number of aromatic nitrogens is 1. The van der Waals surface area contributed by atoms with Gasteiger partial charge in [0.05, 0.1) is 5.56 Å². The van der Waals surface area contributed by atoms with Gasteiger partial charge in [0, 0.05) is 31.0 Å². The maximum absolute atomic E-state index is 13.1. The molecular weight excluding hydrogens is 341 g/mol. The summed E-state index contributed by atoms with van der Waals surface area (Å²) in [7, 11) is 1.97. The van der Waals surface area contributed by atoms with Crippen LogP contribution in [0.2, 0.25) is 0 Å². The Labute approximate surface area is 154 Å². The third-order valence-electron chi connectivity index (χ3n) is 4.84. The van der Waals surface area contributed by atoms with Gasteiger partial charge in [-0.15, -0.1) is 12.4 Å². The van der Waals surface area contributed by atoms with Crippen molar-refractivity contribution in [2.75, 3.05) is 26.7 Å². The Kier molecular flexibility index (Phi) is 7.02. The Bertz CT molecular complexity index is 678. The third kappa shape index (κ3) is 4.61. The number of amides is 1. The highest BCUT2D eigenvalue weighted by atomic mass is 35.5. The summed E-state index contributed by atoms with van der Waals surface area (Å²) < 4.78 is 13.1. The van der Waals surface area contributed by atoms with Gasteiger partial charge in [0.2, 0.25) is 0 Å². The summed E-state index contributed by atoms with van der Waals surface area (Å²) in [6.07, 6.45) is 6.84. The van der Waals surface area contributed by atoms with Gasteiger partial charge in [-0.3, -0.25) is 4.79 Å². The molecule has 1 saturated heterocycles. The number of nitrogens with zero attached hydrogens (tertiary/aromatic N) is 1. The first-order chi connectivity index (χ1) is 11.7. The fraction of sp³-hybridized carbons (Fsp3) is 0.421. The topological polar surface area (TPSA) is 48.1 Å². The van der Waals surface area contributed by atoms with Crippen LogP contribution in [0.3, 0.4) is 0 Å². The molecule has 0 bridgehead atoms. The predicted molar refractivity (Wildman–Crippen MR) is 101 cm³/mol. The number of hydrogen-bond acceptors (Lipinski definition) is 2. The number of halogens is 2. The number of H-pyrrole nitrogens is 1. The van der Waals surface area contributed by atoms with Crippen LogP contribution in [-0.4, -0.2) is 42.5 Å². The summed E-state index contributed by atoms with van der Waals surface area (Å²) in [6, 6.07) is 6.26. The van der Waals surface area contributed by atoms with E-state index in [1.807, 2.05) is 11.9 Å². The van der Waals surface area contributed by atoms with E-state index >= 15 is 0 Å². The van der Waals surface area contributed by atoms with Crippen LogP contribution in [0.5, 0.6) is 0 Å². The van der Waals surface area contributed by atoms with Crippen molar-refractivity contribution in [3.05, 3.63) is 48.0 Å². The van der Waals surface area contributed by atoms with Crippen molar-refractivity contribution in [2.24, 2.45) is 5.92 Å². The molecule has 1 aliphatic heterocycles. The summed E-state index contributed by atoms with van der Waals surface area (Å²) >= 11 is 0. The van der Waals surface area contributed by atoms with Crippen molar-refractivity contribution in [1.29, 1.82) is 0 Å². The Morgan fingerprint density at radius 2 is 1.92 bits per heavy atom. The maximum Gasteiger partial charge on any atom is 0.256 e.